The number of halogens is 2. The monoisotopic (exact) mass is 367 g/mol. The first-order chi connectivity index (χ1) is 11.5. The lowest BCUT2D eigenvalue weighted by atomic mass is 10.1. The molecule has 0 saturated heterocycles. The summed E-state index contributed by atoms with van der Waals surface area (Å²) in [6, 6.07) is 12.8. The van der Waals surface area contributed by atoms with Crippen molar-refractivity contribution in [3.63, 3.8) is 0 Å². The molecule has 24 heavy (non-hydrogen) atoms. The smallest absolute Gasteiger partial charge is 0.408 e. The van der Waals surface area contributed by atoms with Crippen LogP contribution in [0.1, 0.15) is 11.1 Å². The van der Waals surface area contributed by atoms with Crippen molar-refractivity contribution >= 4 is 35.3 Å². The summed E-state index contributed by atoms with van der Waals surface area (Å²) in [5.74, 6) is -1.19. The van der Waals surface area contributed by atoms with E-state index in [-0.39, 0.29) is 18.1 Å². The van der Waals surface area contributed by atoms with E-state index in [9.17, 15) is 14.7 Å². The van der Waals surface area contributed by atoms with Crippen LogP contribution in [0.4, 0.5) is 4.79 Å². The van der Waals surface area contributed by atoms with Crippen LogP contribution in [0.3, 0.4) is 0 Å². The Balaban J connectivity index is 1.96. The predicted octanol–water partition coefficient (Wildman–Crippen LogP) is 3.92. The molecule has 1 atom stereocenters. The molecule has 0 saturated carbocycles. The standard InChI is InChI=1S/C17H15Cl2NO4/c18-13-8-4-7-12(15(13)19)9-14(16(21)22)20-17(23)24-10-11-5-2-1-3-6-11/h1-8,14H,9-10H2,(H,20,23)(H,21,22)/t14-/m0/s1. The van der Waals surface area contributed by atoms with E-state index in [4.69, 9.17) is 27.9 Å². The van der Waals surface area contributed by atoms with Gasteiger partial charge in [0.15, 0.2) is 0 Å². The third-order valence-electron chi connectivity index (χ3n) is 3.26. The molecule has 2 N–H and O–H groups in total. The molecular weight excluding hydrogens is 353 g/mol. The lowest BCUT2D eigenvalue weighted by molar-refractivity contribution is -0.139. The Bertz CT molecular complexity index is 722. The SMILES string of the molecule is O=C(N[C@@H](Cc1cccc(Cl)c1Cl)C(=O)O)OCc1ccccc1. The summed E-state index contributed by atoms with van der Waals surface area (Å²) >= 11 is 12.0. The number of carboxylic acids is 1. The van der Waals surface area contributed by atoms with Gasteiger partial charge in [0.2, 0.25) is 0 Å². The number of carbonyl (C=O) groups is 2. The molecule has 0 aromatic heterocycles. The minimum absolute atomic E-state index is 0.00480. The molecule has 126 valence electrons. The van der Waals surface area contributed by atoms with Crippen molar-refractivity contribution in [2.24, 2.45) is 0 Å². The van der Waals surface area contributed by atoms with E-state index in [1.807, 2.05) is 18.2 Å². The molecule has 0 aliphatic carbocycles. The minimum atomic E-state index is -1.19. The van der Waals surface area contributed by atoms with Gasteiger partial charge in [0.05, 0.1) is 10.0 Å². The number of amides is 1. The molecular formula is C17H15Cl2NO4. The molecule has 2 aromatic carbocycles. The number of rotatable bonds is 6. The Kier molecular flexibility index (Phi) is 6.46. The van der Waals surface area contributed by atoms with Crippen LogP contribution in [0.25, 0.3) is 0 Å². The number of carbonyl (C=O) groups excluding carboxylic acids is 1. The highest BCUT2D eigenvalue weighted by Gasteiger charge is 2.22. The van der Waals surface area contributed by atoms with Gasteiger partial charge in [-0.2, -0.15) is 0 Å². The van der Waals surface area contributed by atoms with Crippen molar-refractivity contribution in [3.05, 3.63) is 69.7 Å². The molecule has 1 amide bonds. The van der Waals surface area contributed by atoms with Crippen LogP contribution in [0.15, 0.2) is 48.5 Å². The van der Waals surface area contributed by atoms with Crippen LogP contribution in [-0.2, 0) is 22.6 Å². The van der Waals surface area contributed by atoms with E-state index in [0.29, 0.717) is 10.6 Å². The maximum absolute atomic E-state index is 11.8. The van der Waals surface area contributed by atoms with Gasteiger partial charge in [-0.1, -0.05) is 65.7 Å². The second-order valence-electron chi connectivity index (χ2n) is 5.01. The quantitative estimate of drug-likeness (QED) is 0.811. The third-order valence-corrected chi connectivity index (χ3v) is 4.12. The normalized spacial score (nSPS) is 11.6. The summed E-state index contributed by atoms with van der Waals surface area (Å²) in [5, 5.41) is 12.2. The number of nitrogens with one attached hydrogen (secondary N) is 1. The lowest BCUT2D eigenvalue weighted by Crippen LogP contribution is -2.42. The summed E-state index contributed by atoms with van der Waals surface area (Å²) in [7, 11) is 0. The third kappa shape index (κ3) is 5.15. The van der Waals surface area contributed by atoms with Gasteiger partial charge in [0.25, 0.3) is 0 Å². The average molecular weight is 368 g/mol. The van der Waals surface area contributed by atoms with Gasteiger partial charge in [-0.3, -0.25) is 0 Å². The zero-order chi connectivity index (χ0) is 17.5. The fourth-order valence-corrected chi connectivity index (χ4v) is 2.43. The Morgan fingerprint density at radius 1 is 1.08 bits per heavy atom. The van der Waals surface area contributed by atoms with Crippen LogP contribution in [0, 0.1) is 0 Å². The van der Waals surface area contributed by atoms with Crippen molar-refractivity contribution < 1.29 is 19.4 Å². The fraction of sp³-hybridized carbons (Fsp3) is 0.176. The fourth-order valence-electron chi connectivity index (χ4n) is 2.03. The molecule has 0 bridgehead atoms. The molecule has 0 fully saturated rings. The summed E-state index contributed by atoms with van der Waals surface area (Å²) in [6.45, 7) is 0.0525. The number of aliphatic carboxylic acids is 1. The van der Waals surface area contributed by atoms with E-state index in [1.165, 1.54) is 0 Å². The summed E-state index contributed by atoms with van der Waals surface area (Å²) in [5.41, 5.74) is 1.33. The van der Waals surface area contributed by atoms with E-state index in [2.05, 4.69) is 5.32 Å². The molecule has 0 aliphatic rings. The molecule has 2 rings (SSSR count). The number of hydrogen-bond donors (Lipinski definition) is 2. The first-order valence-corrected chi connectivity index (χ1v) is 7.86. The first-order valence-electron chi connectivity index (χ1n) is 7.10. The van der Waals surface area contributed by atoms with E-state index >= 15 is 0 Å². The molecule has 2 aromatic rings. The number of benzene rings is 2. The van der Waals surface area contributed by atoms with Crippen LogP contribution in [0.5, 0.6) is 0 Å². The minimum Gasteiger partial charge on any atom is -0.480 e. The number of carboxylic acid groups (broad SMARTS) is 1. The van der Waals surface area contributed by atoms with Gasteiger partial charge in [0.1, 0.15) is 12.6 Å². The Morgan fingerprint density at radius 2 is 1.79 bits per heavy atom. The van der Waals surface area contributed by atoms with Gasteiger partial charge >= 0.3 is 12.1 Å². The Hall–Kier alpha value is -2.24. The Morgan fingerprint density at radius 3 is 2.46 bits per heavy atom. The maximum Gasteiger partial charge on any atom is 0.408 e. The average Bonchev–Trinajstić information content (AvgIpc) is 2.57. The molecule has 0 unspecified atom stereocenters. The summed E-state index contributed by atoms with van der Waals surface area (Å²) < 4.78 is 5.03. The molecule has 0 aliphatic heterocycles. The highest BCUT2D eigenvalue weighted by Crippen LogP contribution is 2.26. The molecule has 5 nitrogen and oxygen atoms in total. The molecule has 0 radical (unpaired) electrons. The second kappa shape index (κ2) is 8.57. The largest absolute Gasteiger partial charge is 0.480 e. The topological polar surface area (TPSA) is 75.6 Å². The highest BCUT2D eigenvalue weighted by atomic mass is 35.5. The second-order valence-corrected chi connectivity index (χ2v) is 5.80. The van der Waals surface area contributed by atoms with Crippen LogP contribution in [0.2, 0.25) is 10.0 Å². The number of ether oxygens (including phenoxy) is 1. The molecule has 7 heteroatoms. The lowest BCUT2D eigenvalue weighted by Gasteiger charge is -2.15. The van der Waals surface area contributed by atoms with Gasteiger partial charge in [-0.05, 0) is 17.2 Å². The van der Waals surface area contributed by atoms with Crippen LogP contribution < -0.4 is 5.32 Å². The van der Waals surface area contributed by atoms with Gasteiger partial charge < -0.3 is 15.2 Å². The Labute approximate surface area is 149 Å². The first kappa shape index (κ1) is 18.1. The van der Waals surface area contributed by atoms with E-state index < -0.39 is 18.1 Å². The molecule has 0 heterocycles. The van der Waals surface area contributed by atoms with Crippen LogP contribution in [-0.4, -0.2) is 23.2 Å². The summed E-state index contributed by atoms with van der Waals surface area (Å²) in [6.07, 6.45) is -0.820. The highest BCUT2D eigenvalue weighted by molar-refractivity contribution is 6.42. The number of hydrogen-bond acceptors (Lipinski definition) is 3. The van der Waals surface area contributed by atoms with Crippen LogP contribution >= 0.6 is 23.2 Å². The summed E-state index contributed by atoms with van der Waals surface area (Å²) in [4.78, 5) is 23.2. The van der Waals surface area contributed by atoms with Crippen molar-refractivity contribution in [2.45, 2.75) is 19.1 Å². The van der Waals surface area contributed by atoms with E-state index in [0.717, 1.165) is 5.56 Å². The van der Waals surface area contributed by atoms with Crippen molar-refractivity contribution in [3.8, 4) is 0 Å². The maximum atomic E-state index is 11.8. The van der Waals surface area contributed by atoms with Gasteiger partial charge in [-0.15, -0.1) is 0 Å². The van der Waals surface area contributed by atoms with Gasteiger partial charge in [-0.25, -0.2) is 9.59 Å². The van der Waals surface area contributed by atoms with Crippen molar-refractivity contribution in [1.82, 2.24) is 5.32 Å². The zero-order valence-corrected chi connectivity index (χ0v) is 14.1. The van der Waals surface area contributed by atoms with Crippen molar-refractivity contribution in [1.29, 1.82) is 0 Å². The van der Waals surface area contributed by atoms with Gasteiger partial charge in [0, 0.05) is 6.42 Å². The number of alkyl carbamates (subject to hydrolysis) is 1. The zero-order valence-electron chi connectivity index (χ0n) is 12.5. The van der Waals surface area contributed by atoms with Crippen molar-refractivity contribution in [2.75, 3.05) is 0 Å². The van der Waals surface area contributed by atoms with E-state index in [1.54, 1.807) is 30.3 Å². The predicted molar refractivity (Wildman–Crippen MR) is 91.4 cm³/mol. The molecule has 0 spiro atoms.